The van der Waals surface area contributed by atoms with Gasteiger partial charge in [-0.3, -0.25) is 18.7 Å². The zero-order valence-corrected chi connectivity index (χ0v) is 19.8. The second-order valence-corrected chi connectivity index (χ2v) is 9.37. The molecule has 2 aromatic carbocycles. The predicted octanol–water partition coefficient (Wildman–Crippen LogP) is 3.98. The average Bonchev–Trinajstić information content (AvgIpc) is 3.28. The Bertz CT molecular complexity index is 1270. The van der Waals surface area contributed by atoms with Gasteiger partial charge < -0.3 is 5.32 Å². The molecule has 1 N–H and O–H groups in total. The van der Waals surface area contributed by atoms with E-state index >= 15 is 0 Å². The SMILES string of the molecule is Cc1cc(C)c(Cn2c(=O)n(CCCC(=O)NC3CCCC3)c(=O)c3ccccc32)c(C)c1. The summed E-state index contributed by atoms with van der Waals surface area (Å²) in [6.07, 6.45) is 5.17. The lowest BCUT2D eigenvalue weighted by molar-refractivity contribution is -0.121. The summed E-state index contributed by atoms with van der Waals surface area (Å²) >= 11 is 0. The average molecular weight is 448 g/mol. The van der Waals surface area contributed by atoms with Crippen LogP contribution in [-0.2, 0) is 17.9 Å². The number of aromatic nitrogens is 2. The molecule has 6 nitrogen and oxygen atoms in total. The van der Waals surface area contributed by atoms with Crippen molar-refractivity contribution in [3.05, 3.63) is 79.5 Å². The Balaban J connectivity index is 1.63. The molecule has 0 radical (unpaired) electrons. The fourth-order valence-electron chi connectivity index (χ4n) is 5.11. The van der Waals surface area contributed by atoms with Gasteiger partial charge in [-0.15, -0.1) is 0 Å². The number of hydrogen-bond donors (Lipinski definition) is 1. The quantitative estimate of drug-likeness (QED) is 0.596. The number of carbonyl (C=O) groups is 1. The van der Waals surface area contributed by atoms with E-state index in [1.165, 1.54) is 10.1 Å². The van der Waals surface area contributed by atoms with Gasteiger partial charge in [-0.1, -0.05) is 42.7 Å². The molecule has 6 heteroatoms. The maximum absolute atomic E-state index is 13.5. The van der Waals surface area contributed by atoms with Crippen molar-refractivity contribution >= 4 is 16.8 Å². The third kappa shape index (κ3) is 4.95. The van der Waals surface area contributed by atoms with E-state index in [1.807, 2.05) is 18.2 Å². The van der Waals surface area contributed by atoms with Crippen LogP contribution in [0.5, 0.6) is 0 Å². The summed E-state index contributed by atoms with van der Waals surface area (Å²) in [6, 6.07) is 11.8. The molecule has 174 valence electrons. The third-order valence-corrected chi connectivity index (χ3v) is 6.79. The van der Waals surface area contributed by atoms with Crippen molar-refractivity contribution in [2.45, 2.75) is 78.4 Å². The fourth-order valence-corrected chi connectivity index (χ4v) is 5.11. The molecule has 3 aromatic rings. The highest BCUT2D eigenvalue weighted by Crippen LogP contribution is 2.19. The summed E-state index contributed by atoms with van der Waals surface area (Å²) in [5.41, 5.74) is 4.56. The molecular weight excluding hydrogens is 414 g/mol. The number of aryl methyl sites for hydroxylation is 3. The largest absolute Gasteiger partial charge is 0.353 e. The highest BCUT2D eigenvalue weighted by atomic mass is 16.2. The minimum absolute atomic E-state index is 0.00182. The molecule has 33 heavy (non-hydrogen) atoms. The maximum Gasteiger partial charge on any atom is 0.331 e. The van der Waals surface area contributed by atoms with E-state index < -0.39 is 0 Å². The van der Waals surface area contributed by atoms with Gasteiger partial charge >= 0.3 is 5.69 Å². The molecule has 0 bridgehead atoms. The molecule has 0 saturated heterocycles. The van der Waals surface area contributed by atoms with Gasteiger partial charge in [-0.05, 0) is 68.9 Å². The van der Waals surface area contributed by atoms with Gasteiger partial charge in [0.05, 0.1) is 17.4 Å². The van der Waals surface area contributed by atoms with E-state index in [1.54, 1.807) is 10.6 Å². The monoisotopic (exact) mass is 447 g/mol. The molecule has 1 fully saturated rings. The zero-order valence-electron chi connectivity index (χ0n) is 19.8. The van der Waals surface area contributed by atoms with Gasteiger partial charge in [0.15, 0.2) is 0 Å². The molecule has 4 rings (SSSR count). The Morgan fingerprint density at radius 1 is 1.00 bits per heavy atom. The number of nitrogens with one attached hydrogen (secondary N) is 1. The van der Waals surface area contributed by atoms with Crippen molar-refractivity contribution in [3.63, 3.8) is 0 Å². The summed E-state index contributed by atoms with van der Waals surface area (Å²) in [5.74, 6) is 0.00182. The molecule has 1 amide bonds. The van der Waals surface area contributed by atoms with Crippen LogP contribution in [0.1, 0.15) is 60.8 Å². The van der Waals surface area contributed by atoms with E-state index in [9.17, 15) is 14.4 Å². The molecule has 1 saturated carbocycles. The Morgan fingerprint density at radius 3 is 2.36 bits per heavy atom. The first-order valence-electron chi connectivity index (χ1n) is 11.9. The summed E-state index contributed by atoms with van der Waals surface area (Å²) in [5, 5.41) is 3.60. The molecule has 0 aliphatic heterocycles. The lowest BCUT2D eigenvalue weighted by atomic mass is 9.99. The van der Waals surface area contributed by atoms with Crippen LogP contribution in [0.3, 0.4) is 0 Å². The lowest BCUT2D eigenvalue weighted by Gasteiger charge is -2.17. The van der Waals surface area contributed by atoms with E-state index in [0.29, 0.717) is 30.3 Å². The smallest absolute Gasteiger partial charge is 0.331 e. The van der Waals surface area contributed by atoms with Crippen molar-refractivity contribution in [1.29, 1.82) is 0 Å². The second-order valence-electron chi connectivity index (χ2n) is 9.37. The van der Waals surface area contributed by atoms with Gasteiger partial charge in [0.25, 0.3) is 5.56 Å². The standard InChI is InChI=1S/C27H33N3O3/c1-18-15-19(2)23(20(3)16-18)17-30-24-12-7-6-11-22(24)26(32)29(27(30)33)14-8-13-25(31)28-21-9-4-5-10-21/h6-7,11-12,15-16,21H,4-5,8-10,13-14,17H2,1-3H3,(H,28,31). The molecule has 1 aliphatic carbocycles. The molecule has 1 aliphatic rings. The van der Waals surface area contributed by atoms with Crippen LogP contribution in [0, 0.1) is 20.8 Å². The lowest BCUT2D eigenvalue weighted by Crippen LogP contribution is -2.40. The first-order chi connectivity index (χ1) is 15.8. The predicted molar refractivity (Wildman–Crippen MR) is 132 cm³/mol. The Morgan fingerprint density at radius 2 is 1.67 bits per heavy atom. The van der Waals surface area contributed by atoms with Crippen molar-refractivity contribution in [3.8, 4) is 0 Å². The summed E-state index contributed by atoms with van der Waals surface area (Å²) in [7, 11) is 0. The summed E-state index contributed by atoms with van der Waals surface area (Å²) in [4.78, 5) is 38.9. The maximum atomic E-state index is 13.5. The number of hydrogen-bond acceptors (Lipinski definition) is 3. The van der Waals surface area contributed by atoms with Crippen molar-refractivity contribution < 1.29 is 4.79 Å². The number of carbonyl (C=O) groups excluding carboxylic acids is 1. The Hall–Kier alpha value is -3.15. The minimum Gasteiger partial charge on any atom is -0.353 e. The van der Waals surface area contributed by atoms with Crippen LogP contribution in [0.2, 0.25) is 0 Å². The van der Waals surface area contributed by atoms with Crippen LogP contribution in [0.4, 0.5) is 0 Å². The van der Waals surface area contributed by atoms with Crippen molar-refractivity contribution in [2.24, 2.45) is 0 Å². The van der Waals surface area contributed by atoms with Crippen molar-refractivity contribution in [2.75, 3.05) is 0 Å². The summed E-state index contributed by atoms with van der Waals surface area (Å²) in [6.45, 7) is 6.81. The number of benzene rings is 2. The number of amides is 1. The van der Waals surface area contributed by atoms with Gasteiger partial charge in [0.1, 0.15) is 0 Å². The van der Waals surface area contributed by atoms with Crippen LogP contribution in [0.15, 0.2) is 46.0 Å². The topological polar surface area (TPSA) is 73.1 Å². The third-order valence-electron chi connectivity index (χ3n) is 6.79. The minimum atomic E-state index is -0.325. The van der Waals surface area contributed by atoms with Gasteiger partial charge in [-0.25, -0.2) is 4.79 Å². The van der Waals surface area contributed by atoms with Crippen LogP contribution >= 0.6 is 0 Å². The van der Waals surface area contributed by atoms with Gasteiger partial charge in [0, 0.05) is 19.0 Å². The first-order valence-corrected chi connectivity index (χ1v) is 11.9. The fraction of sp³-hybridized carbons (Fsp3) is 0.444. The highest BCUT2D eigenvalue weighted by Gasteiger charge is 2.18. The number of rotatable bonds is 7. The van der Waals surface area contributed by atoms with Crippen molar-refractivity contribution in [1.82, 2.24) is 14.5 Å². The van der Waals surface area contributed by atoms with E-state index in [2.05, 4.69) is 38.2 Å². The Kier molecular flexibility index (Phi) is 6.82. The number of nitrogens with zero attached hydrogens (tertiary/aromatic N) is 2. The van der Waals surface area contributed by atoms with E-state index in [4.69, 9.17) is 0 Å². The Labute approximate surface area is 194 Å². The molecular formula is C27H33N3O3. The van der Waals surface area contributed by atoms with E-state index in [0.717, 1.165) is 42.4 Å². The van der Waals surface area contributed by atoms with Gasteiger partial charge in [0.2, 0.25) is 5.91 Å². The molecule has 0 atom stereocenters. The van der Waals surface area contributed by atoms with Gasteiger partial charge in [-0.2, -0.15) is 0 Å². The normalized spacial score (nSPS) is 14.2. The first kappa shape index (κ1) is 23.0. The zero-order chi connectivity index (χ0) is 23.5. The number of para-hydroxylation sites is 1. The molecule has 1 aromatic heterocycles. The number of fused-ring (bicyclic) bond motifs is 1. The molecule has 1 heterocycles. The van der Waals surface area contributed by atoms with Crippen LogP contribution in [0.25, 0.3) is 10.9 Å². The molecule has 0 unspecified atom stereocenters. The highest BCUT2D eigenvalue weighted by molar-refractivity contribution is 5.78. The second kappa shape index (κ2) is 9.77. The molecule has 0 spiro atoms. The summed E-state index contributed by atoms with van der Waals surface area (Å²) < 4.78 is 2.99. The van der Waals surface area contributed by atoms with E-state index in [-0.39, 0.29) is 29.7 Å². The van der Waals surface area contributed by atoms with Crippen LogP contribution < -0.4 is 16.6 Å². The van der Waals surface area contributed by atoms with Crippen LogP contribution in [-0.4, -0.2) is 21.1 Å².